The van der Waals surface area contributed by atoms with E-state index in [1.807, 2.05) is 25.1 Å². The Morgan fingerprint density at radius 2 is 2.00 bits per heavy atom. The highest BCUT2D eigenvalue weighted by atomic mass is 16.7. The highest BCUT2D eigenvalue weighted by molar-refractivity contribution is 5.94. The summed E-state index contributed by atoms with van der Waals surface area (Å²) in [7, 11) is 0. The zero-order valence-electron chi connectivity index (χ0n) is 14.0. The molecule has 0 fully saturated rings. The lowest BCUT2D eigenvalue weighted by molar-refractivity contribution is -0.114. The van der Waals surface area contributed by atoms with E-state index < -0.39 is 0 Å². The van der Waals surface area contributed by atoms with Gasteiger partial charge in [0, 0.05) is 17.4 Å². The third-order valence-corrected chi connectivity index (χ3v) is 3.90. The van der Waals surface area contributed by atoms with Gasteiger partial charge < -0.3 is 20.1 Å². The maximum Gasteiger partial charge on any atom is 0.243 e. The third kappa shape index (κ3) is 3.27. The van der Waals surface area contributed by atoms with Crippen LogP contribution in [0.1, 0.15) is 5.56 Å². The van der Waals surface area contributed by atoms with E-state index in [-0.39, 0.29) is 19.2 Å². The van der Waals surface area contributed by atoms with Gasteiger partial charge in [-0.1, -0.05) is 0 Å². The van der Waals surface area contributed by atoms with Crippen molar-refractivity contribution in [2.75, 3.05) is 24.0 Å². The second kappa shape index (κ2) is 6.71. The van der Waals surface area contributed by atoms with Gasteiger partial charge >= 0.3 is 0 Å². The quantitative estimate of drug-likeness (QED) is 0.721. The van der Waals surface area contributed by atoms with E-state index in [0.29, 0.717) is 17.2 Å². The summed E-state index contributed by atoms with van der Waals surface area (Å²) < 4.78 is 12.1. The fraction of sp³-hybridized carbons (Fsp3) is 0.176. The molecule has 1 amide bonds. The first-order valence-electron chi connectivity index (χ1n) is 7.96. The molecule has 0 unspecified atom stereocenters. The van der Waals surface area contributed by atoms with Crippen molar-refractivity contribution in [1.82, 2.24) is 20.2 Å². The van der Waals surface area contributed by atoms with Crippen molar-refractivity contribution < 1.29 is 14.3 Å². The lowest BCUT2D eigenvalue weighted by atomic mass is 10.2. The number of ether oxygens (including phenoxy) is 2. The van der Waals surface area contributed by atoms with Crippen molar-refractivity contribution >= 4 is 17.3 Å². The van der Waals surface area contributed by atoms with Gasteiger partial charge in [0.1, 0.15) is 6.33 Å². The summed E-state index contributed by atoms with van der Waals surface area (Å²) in [5.74, 6) is 1.15. The molecular formula is C17H16N6O3. The van der Waals surface area contributed by atoms with Gasteiger partial charge in [-0.05, 0) is 53.2 Å². The monoisotopic (exact) mass is 352 g/mol. The molecule has 1 aliphatic rings. The molecule has 0 spiro atoms. The minimum atomic E-state index is -0.161. The zero-order valence-corrected chi connectivity index (χ0v) is 14.0. The maximum atomic E-state index is 12.1. The molecule has 0 atom stereocenters. The molecule has 9 heteroatoms. The number of nitrogens with zero attached hydrogens (tertiary/aromatic N) is 4. The highest BCUT2D eigenvalue weighted by Crippen LogP contribution is 2.34. The van der Waals surface area contributed by atoms with Gasteiger partial charge in [-0.15, -0.1) is 5.10 Å². The molecule has 2 aromatic carbocycles. The van der Waals surface area contributed by atoms with Crippen LogP contribution in [-0.2, 0) is 4.79 Å². The van der Waals surface area contributed by atoms with Crippen molar-refractivity contribution in [3.8, 4) is 17.2 Å². The molecule has 0 bridgehead atoms. The molecule has 0 aliphatic carbocycles. The number of aryl methyl sites for hydroxylation is 1. The molecule has 0 radical (unpaired) electrons. The van der Waals surface area contributed by atoms with E-state index >= 15 is 0 Å². The van der Waals surface area contributed by atoms with Crippen LogP contribution in [0.5, 0.6) is 11.5 Å². The Kier molecular flexibility index (Phi) is 4.10. The van der Waals surface area contributed by atoms with Crippen LogP contribution >= 0.6 is 0 Å². The largest absolute Gasteiger partial charge is 0.454 e. The summed E-state index contributed by atoms with van der Waals surface area (Å²) >= 11 is 0. The van der Waals surface area contributed by atoms with E-state index in [4.69, 9.17) is 9.47 Å². The van der Waals surface area contributed by atoms with Gasteiger partial charge in [0.15, 0.2) is 11.5 Å². The topological polar surface area (TPSA) is 103 Å². The average molecular weight is 352 g/mol. The Labute approximate surface area is 148 Å². The predicted molar refractivity (Wildman–Crippen MR) is 93.6 cm³/mol. The van der Waals surface area contributed by atoms with Crippen LogP contribution in [0.25, 0.3) is 5.69 Å². The minimum absolute atomic E-state index is 0.137. The number of hydrogen-bond acceptors (Lipinski definition) is 7. The van der Waals surface area contributed by atoms with Gasteiger partial charge in [-0.2, -0.15) is 0 Å². The Hall–Kier alpha value is -3.62. The number of rotatable bonds is 5. The average Bonchev–Trinajstić information content (AvgIpc) is 3.31. The number of nitrogens with one attached hydrogen (secondary N) is 2. The SMILES string of the molecule is Cc1cc(NCC(=O)Nc2ccc3c(c2)OCO3)ccc1-n1cnnn1. The molecule has 1 aromatic heterocycles. The summed E-state index contributed by atoms with van der Waals surface area (Å²) in [5.41, 5.74) is 3.36. The molecule has 26 heavy (non-hydrogen) atoms. The van der Waals surface area contributed by atoms with E-state index in [1.165, 1.54) is 6.33 Å². The molecule has 9 nitrogen and oxygen atoms in total. The smallest absolute Gasteiger partial charge is 0.243 e. The van der Waals surface area contributed by atoms with Crippen LogP contribution in [0, 0.1) is 6.92 Å². The number of fused-ring (bicyclic) bond motifs is 1. The fourth-order valence-corrected chi connectivity index (χ4v) is 2.66. The molecule has 3 aromatic rings. The Bertz CT molecular complexity index is 942. The summed E-state index contributed by atoms with van der Waals surface area (Å²) in [4.78, 5) is 12.1. The molecular weight excluding hydrogens is 336 g/mol. The lowest BCUT2D eigenvalue weighted by Crippen LogP contribution is -2.21. The number of carbonyl (C=O) groups excluding carboxylic acids is 1. The van der Waals surface area contributed by atoms with Crippen molar-refractivity contribution in [2.24, 2.45) is 0 Å². The first-order valence-corrected chi connectivity index (χ1v) is 7.96. The summed E-state index contributed by atoms with van der Waals surface area (Å²) in [6, 6.07) is 11.0. The standard InChI is InChI=1S/C17H16N6O3/c1-11-6-12(2-4-14(11)23-9-19-21-22-23)18-8-17(24)20-13-3-5-15-16(7-13)26-10-25-15/h2-7,9,18H,8,10H2,1H3,(H,20,24). The summed E-state index contributed by atoms with van der Waals surface area (Å²) in [6.07, 6.45) is 1.54. The maximum absolute atomic E-state index is 12.1. The molecule has 0 saturated carbocycles. The van der Waals surface area contributed by atoms with E-state index in [2.05, 4.69) is 26.2 Å². The lowest BCUT2D eigenvalue weighted by Gasteiger charge is -2.11. The van der Waals surface area contributed by atoms with Crippen molar-refractivity contribution in [2.45, 2.75) is 6.92 Å². The van der Waals surface area contributed by atoms with Crippen LogP contribution in [0.15, 0.2) is 42.7 Å². The number of anilines is 2. The van der Waals surface area contributed by atoms with Gasteiger partial charge in [-0.3, -0.25) is 4.79 Å². The second-order valence-electron chi connectivity index (χ2n) is 5.73. The number of carbonyl (C=O) groups is 1. The van der Waals surface area contributed by atoms with Crippen LogP contribution < -0.4 is 20.1 Å². The molecule has 2 N–H and O–H groups in total. The number of aromatic nitrogens is 4. The molecule has 4 rings (SSSR count). The van der Waals surface area contributed by atoms with Crippen molar-refractivity contribution in [3.63, 3.8) is 0 Å². The number of benzene rings is 2. The van der Waals surface area contributed by atoms with E-state index in [9.17, 15) is 4.79 Å². The highest BCUT2D eigenvalue weighted by Gasteiger charge is 2.14. The van der Waals surface area contributed by atoms with Gasteiger partial charge in [0.05, 0.1) is 12.2 Å². The normalized spacial score (nSPS) is 12.0. The Balaban J connectivity index is 1.36. The first-order chi connectivity index (χ1) is 12.7. The summed E-state index contributed by atoms with van der Waals surface area (Å²) in [5, 5.41) is 17.1. The fourth-order valence-electron chi connectivity index (χ4n) is 2.66. The van der Waals surface area contributed by atoms with Crippen molar-refractivity contribution in [3.05, 3.63) is 48.3 Å². The number of amides is 1. The van der Waals surface area contributed by atoms with Crippen LogP contribution in [0.3, 0.4) is 0 Å². The number of hydrogen-bond donors (Lipinski definition) is 2. The van der Waals surface area contributed by atoms with Crippen molar-refractivity contribution in [1.29, 1.82) is 0 Å². The van der Waals surface area contributed by atoms with Crippen LogP contribution in [0.4, 0.5) is 11.4 Å². The first kappa shape index (κ1) is 15.9. The van der Waals surface area contributed by atoms with Gasteiger partial charge in [0.25, 0.3) is 0 Å². The van der Waals surface area contributed by atoms with Gasteiger partial charge in [0.2, 0.25) is 12.7 Å². The predicted octanol–water partition coefficient (Wildman–Crippen LogP) is 1.75. The van der Waals surface area contributed by atoms with E-state index in [0.717, 1.165) is 16.9 Å². The minimum Gasteiger partial charge on any atom is -0.454 e. The molecule has 1 aliphatic heterocycles. The third-order valence-electron chi connectivity index (χ3n) is 3.90. The Morgan fingerprint density at radius 1 is 1.15 bits per heavy atom. The van der Waals surface area contributed by atoms with Crippen LogP contribution in [-0.4, -0.2) is 39.5 Å². The molecule has 132 valence electrons. The molecule has 2 heterocycles. The summed E-state index contributed by atoms with van der Waals surface area (Å²) in [6.45, 7) is 2.29. The number of tetrazole rings is 1. The Morgan fingerprint density at radius 3 is 2.81 bits per heavy atom. The zero-order chi connectivity index (χ0) is 17.9. The second-order valence-corrected chi connectivity index (χ2v) is 5.73. The van der Waals surface area contributed by atoms with Gasteiger partial charge in [-0.25, -0.2) is 4.68 Å². The molecule has 0 saturated heterocycles. The van der Waals surface area contributed by atoms with E-state index in [1.54, 1.807) is 22.9 Å². The van der Waals surface area contributed by atoms with Crippen LogP contribution in [0.2, 0.25) is 0 Å².